The number of ether oxygens (including phenoxy) is 1. The van der Waals surface area contributed by atoms with Crippen LogP contribution in [0, 0.1) is 6.92 Å². The molecular formula is C17H20N2O4S. The molecule has 0 unspecified atom stereocenters. The normalized spacial score (nSPS) is 16.3. The molecule has 1 aliphatic carbocycles. The van der Waals surface area contributed by atoms with Gasteiger partial charge in [-0.05, 0) is 44.4 Å². The number of pyridine rings is 1. The predicted octanol–water partition coefficient (Wildman–Crippen LogP) is 2.26. The van der Waals surface area contributed by atoms with E-state index in [1.807, 2.05) is 19.1 Å². The van der Waals surface area contributed by atoms with Gasteiger partial charge in [0.1, 0.15) is 10.9 Å². The van der Waals surface area contributed by atoms with E-state index in [1.165, 1.54) is 11.4 Å². The van der Waals surface area contributed by atoms with Crippen molar-refractivity contribution in [1.29, 1.82) is 0 Å². The smallest absolute Gasteiger partial charge is 0.323 e. The first kappa shape index (κ1) is 16.9. The number of rotatable bonds is 5. The van der Waals surface area contributed by atoms with Crippen LogP contribution in [-0.2, 0) is 19.6 Å². The van der Waals surface area contributed by atoms with Crippen LogP contribution >= 0.6 is 0 Å². The van der Waals surface area contributed by atoms with Gasteiger partial charge in [-0.1, -0.05) is 12.1 Å². The summed E-state index contributed by atoms with van der Waals surface area (Å²) in [4.78, 5) is 16.4. The van der Waals surface area contributed by atoms with E-state index in [0.717, 1.165) is 23.8 Å². The van der Waals surface area contributed by atoms with E-state index in [4.69, 9.17) is 4.74 Å². The Bertz CT molecular complexity index is 891. The number of para-hydroxylation sites is 1. The Hall–Kier alpha value is -1.99. The molecule has 0 saturated heterocycles. The third-order valence-corrected chi connectivity index (χ3v) is 6.25. The molecule has 24 heavy (non-hydrogen) atoms. The van der Waals surface area contributed by atoms with Crippen molar-refractivity contribution in [2.75, 3.05) is 7.11 Å². The van der Waals surface area contributed by atoms with E-state index in [0.29, 0.717) is 5.52 Å². The average molecular weight is 348 g/mol. The number of esters is 1. The highest BCUT2D eigenvalue weighted by Gasteiger charge is 2.44. The molecule has 1 heterocycles. The lowest BCUT2D eigenvalue weighted by molar-refractivity contribution is -0.144. The summed E-state index contributed by atoms with van der Waals surface area (Å²) >= 11 is 0. The Morgan fingerprint density at radius 3 is 2.71 bits per heavy atom. The molecule has 0 radical (unpaired) electrons. The van der Waals surface area contributed by atoms with Gasteiger partial charge in [0.15, 0.2) is 0 Å². The quantitative estimate of drug-likeness (QED) is 0.775. The number of methoxy groups -OCH3 is 1. The number of hydrogen-bond donors (Lipinski definition) is 0. The number of nitrogens with zero attached hydrogens (tertiary/aromatic N) is 2. The van der Waals surface area contributed by atoms with E-state index in [9.17, 15) is 13.2 Å². The lowest BCUT2D eigenvalue weighted by Crippen LogP contribution is -2.45. The number of aryl methyl sites for hydroxylation is 1. The van der Waals surface area contributed by atoms with Gasteiger partial charge in [0.05, 0.1) is 12.6 Å². The highest BCUT2D eigenvalue weighted by Crippen LogP contribution is 2.35. The fourth-order valence-corrected chi connectivity index (χ4v) is 4.89. The zero-order valence-corrected chi connectivity index (χ0v) is 14.7. The number of carbonyl (C=O) groups is 1. The molecule has 0 spiro atoms. The second-order valence-corrected chi connectivity index (χ2v) is 7.92. The summed E-state index contributed by atoms with van der Waals surface area (Å²) in [5.41, 5.74) is 1.38. The van der Waals surface area contributed by atoms with Crippen molar-refractivity contribution in [3.63, 3.8) is 0 Å². The Morgan fingerprint density at radius 1 is 1.38 bits per heavy atom. The molecule has 1 aromatic heterocycles. The molecule has 1 aromatic carbocycles. The van der Waals surface area contributed by atoms with E-state index >= 15 is 0 Å². The van der Waals surface area contributed by atoms with E-state index in [1.54, 1.807) is 25.3 Å². The Kier molecular flexibility index (Phi) is 4.31. The second kappa shape index (κ2) is 6.14. The van der Waals surface area contributed by atoms with E-state index < -0.39 is 22.0 Å². The topological polar surface area (TPSA) is 76.6 Å². The summed E-state index contributed by atoms with van der Waals surface area (Å²) in [5, 5.41) is 0.762. The van der Waals surface area contributed by atoms with Gasteiger partial charge in [-0.15, -0.1) is 0 Å². The molecule has 1 aliphatic rings. The second-order valence-electron chi connectivity index (χ2n) is 6.11. The minimum Gasteiger partial charge on any atom is -0.468 e. The van der Waals surface area contributed by atoms with Crippen molar-refractivity contribution < 1.29 is 17.9 Å². The molecule has 1 atom stereocenters. The van der Waals surface area contributed by atoms with Crippen molar-refractivity contribution in [3.8, 4) is 0 Å². The molecule has 7 heteroatoms. The highest BCUT2D eigenvalue weighted by molar-refractivity contribution is 7.89. The first-order valence-electron chi connectivity index (χ1n) is 7.83. The van der Waals surface area contributed by atoms with Gasteiger partial charge >= 0.3 is 5.97 Å². The first-order chi connectivity index (χ1) is 11.4. The molecule has 1 saturated carbocycles. The van der Waals surface area contributed by atoms with Gasteiger partial charge in [0.2, 0.25) is 10.0 Å². The number of aromatic nitrogens is 1. The van der Waals surface area contributed by atoms with Gasteiger partial charge in [-0.2, -0.15) is 4.31 Å². The van der Waals surface area contributed by atoms with Crippen LogP contribution in [0.3, 0.4) is 0 Å². The maximum atomic E-state index is 13.3. The van der Waals surface area contributed by atoms with Gasteiger partial charge in [0.25, 0.3) is 0 Å². The third kappa shape index (κ3) is 2.89. The predicted molar refractivity (Wildman–Crippen MR) is 90.0 cm³/mol. The lowest BCUT2D eigenvalue weighted by Gasteiger charge is -2.26. The van der Waals surface area contributed by atoms with Crippen LogP contribution in [0.4, 0.5) is 0 Å². The van der Waals surface area contributed by atoms with Crippen molar-refractivity contribution >= 4 is 26.9 Å². The van der Waals surface area contributed by atoms with Crippen LogP contribution < -0.4 is 0 Å². The Balaban J connectivity index is 2.14. The monoisotopic (exact) mass is 348 g/mol. The molecule has 0 amide bonds. The maximum Gasteiger partial charge on any atom is 0.323 e. The van der Waals surface area contributed by atoms with Crippen LogP contribution in [-0.4, -0.2) is 42.9 Å². The van der Waals surface area contributed by atoms with Gasteiger partial charge in [-0.3, -0.25) is 9.78 Å². The van der Waals surface area contributed by atoms with Crippen molar-refractivity contribution in [2.24, 2.45) is 0 Å². The van der Waals surface area contributed by atoms with Crippen LogP contribution in [0.25, 0.3) is 10.9 Å². The Morgan fingerprint density at radius 2 is 2.08 bits per heavy atom. The van der Waals surface area contributed by atoms with Crippen molar-refractivity contribution in [1.82, 2.24) is 9.29 Å². The highest BCUT2D eigenvalue weighted by atomic mass is 32.2. The number of fused-ring (bicyclic) bond motifs is 1. The summed E-state index contributed by atoms with van der Waals surface area (Å²) in [6.07, 6.45) is 3.14. The van der Waals surface area contributed by atoms with E-state index in [2.05, 4.69) is 4.98 Å². The summed E-state index contributed by atoms with van der Waals surface area (Å²) in [6.45, 7) is 3.47. The number of benzene rings is 1. The molecule has 2 aromatic rings. The minimum atomic E-state index is -3.86. The first-order valence-corrected chi connectivity index (χ1v) is 9.27. The fraction of sp³-hybridized carbons (Fsp3) is 0.412. The largest absolute Gasteiger partial charge is 0.468 e. The molecule has 0 N–H and O–H groups in total. The molecule has 3 rings (SSSR count). The van der Waals surface area contributed by atoms with Crippen LogP contribution in [0.2, 0.25) is 0 Å². The number of carbonyl (C=O) groups excluding carboxylic acids is 1. The summed E-state index contributed by atoms with van der Waals surface area (Å²) in [7, 11) is -2.60. The summed E-state index contributed by atoms with van der Waals surface area (Å²) in [5.74, 6) is -0.561. The maximum absolute atomic E-state index is 13.3. The minimum absolute atomic E-state index is 0.127. The lowest BCUT2D eigenvalue weighted by atomic mass is 10.2. The van der Waals surface area contributed by atoms with Gasteiger partial charge in [-0.25, -0.2) is 8.42 Å². The van der Waals surface area contributed by atoms with Crippen molar-refractivity contribution in [2.45, 2.75) is 43.7 Å². The average Bonchev–Trinajstić information content (AvgIpc) is 3.37. The molecule has 1 fully saturated rings. The molecule has 128 valence electrons. The fourth-order valence-electron chi connectivity index (χ4n) is 2.89. The number of sulfonamides is 1. The van der Waals surface area contributed by atoms with Crippen molar-refractivity contribution in [3.05, 3.63) is 36.0 Å². The Labute approximate surface area is 141 Å². The zero-order chi connectivity index (χ0) is 17.5. The molecular weight excluding hydrogens is 328 g/mol. The van der Waals surface area contributed by atoms with E-state index in [-0.39, 0.29) is 10.9 Å². The zero-order valence-electron chi connectivity index (χ0n) is 13.9. The van der Waals surface area contributed by atoms with Gasteiger partial charge in [0, 0.05) is 17.6 Å². The van der Waals surface area contributed by atoms with Crippen LogP contribution in [0.5, 0.6) is 0 Å². The summed E-state index contributed by atoms with van der Waals surface area (Å²) < 4.78 is 32.5. The standard InChI is InChI=1S/C17H20N2O4S/c1-11-9-13-5-4-6-15(16(13)18-10-11)24(21,22)19(14-7-8-14)12(2)17(20)23-3/h4-6,9-10,12,14H,7-8H2,1-3H3/t12-/m0/s1. The summed E-state index contributed by atoms with van der Waals surface area (Å²) in [6, 6.07) is 5.94. The third-order valence-electron chi connectivity index (χ3n) is 4.20. The molecule has 6 nitrogen and oxygen atoms in total. The molecule has 0 aliphatic heterocycles. The molecule has 0 bridgehead atoms. The number of hydrogen-bond acceptors (Lipinski definition) is 5. The SMILES string of the molecule is COC(=O)[C@H](C)N(C1CC1)S(=O)(=O)c1cccc2cc(C)cnc12. The van der Waals surface area contributed by atoms with Gasteiger partial charge < -0.3 is 4.74 Å². The van der Waals surface area contributed by atoms with Crippen LogP contribution in [0.1, 0.15) is 25.3 Å². The van der Waals surface area contributed by atoms with Crippen LogP contribution in [0.15, 0.2) is 35.4 Å².